The summed E-state index contributed by atoms with van der Waals surface area (Å²) < 4.78 is 0. The SMILES string of the molecule is CCC(C)C1CCNC1C(=O)O. The molecule has 70 valence electrons. The van der Waals surface area contributed by atoms with Gasteiger partial charge < -0.3 is 10.4 Å². The molecule has 2 N–H and O–H groups in total. The monoisotopic (exact) mass is 171 g/mol. The van der Waals surface area contributed by atoms with Gasteiger partial charge in [0, 0.05) is 0 Å². The van der Waals surface area contributed by atoms with Crippen molar-refractivity contribution >= 4 is 5.97 Å². The molecule has 0 radical (unpaired) electrons. The average molecular weight is 171 g/mol. The molecule has 3 nitrogen and oxygen atoms in total. The first-order chi connectivity index (χ1) is 5.66. The van der Waals surface area contributed by atoms with Crippen LogP contribution in [0.15, 0.2) is 0 Å². The Hall–Kier alpha value is -0.570. The van der Waals surface area contributed by atoms with E-state index in [-0.39, 0.29) is 6.04 Å². The zero-order chi connectivity index (χ0) is 9.14. The number of hydrogen-bond donors (Lipinski definition) is 2. The van der Waals surface area contributed by atoms with Crippen LogP contribution in [-0.2, 0) is 4.79 Å². The van der Waals surface area contributed by atoms with Gasteiger partial charge in [0.15, 0.2) is 0 Å². The van der Waals surface area contributed by atoms with E-state index in [2.05, 4.69) is 19.2 Å². The van der Waals surface area contributed by atoms with Crippen molar-refractivity contribution in [2.24, 2.45) is 11.8 Å². The summed E-state index contributed by atoms with van der Waals surface area (Å²) in [6.07, 6.45) is 2.07. The van der Waals surface area contributed by atoms with Crippen LogP contribution >= 0.6 is 0 Å². The van der Waals surface area contributed by atoms with Crippen molar-refractivity contribution in [3.8, 4) is 0 Å². The highest BCUT2D eigenvalue weighted by Gasteiger charge is 2.35. The summed E-state index contributed by atoms with van der Waals surface area (Å²) in [4.78, 5) is 10.8. The Bertz CT molecular complexity index is 170. The summed E-state index contributed by atoms with van der Waals surface area (Å²) in [5.41, 5.74) is 0. The van der Waals surface area contributed by atoms with Crippen molar-refractivity contribution in [1.82, 2.24) is 5.32 Å². The first kappa shape index (κ1) is 9.52. The maximum atomic E-state index is 10.8. The number of carboxylic acid groups (broad SMARTS) is 1. The van der Waals surface area contributed by atoms with Crippen LogP contribution in [0.3, 0.4) is 0 Å². The van der Waals surface area contributed by atoms with Crippen LogP contribution in [0.2, 0.25) is 0 Å². The van der Waals surface area contributed by atoms with Crippen LogP contribution in [0.25, 0.3) is 0 Å². The van der Waals surface area contributed by atoms with Crippen LogP contribution < -0.4 is 5.32 Å². The highest BCUT2D eigenvalue weighted by atomic mass is 16.4. The quantitative estimate of drug-likeness (QED) is 0.668. The zero-order valence-corrected chi connectivity index (χ0v) is 7.71. The number of carbonyl (C=O) groups is 1. The van der Waals surface area contributed by atoms with Gasteiger partial charge in [-0.2, -0.15) is 0 Å². The van der Waals surface area contributed by atoms with Crippen LogP contribution in [0.5, 0.6) is 0 Å². The van der Waals surface area contributed by atoms with E-state index in [4.69, 9.17) is 5.11 Å². The van der Waals surface area contributed by atoms with E-state index in [1.54, 1.807) is 0 Å². The lowest BCUT2D eigenvalue weighted by Gasteiger charge is -2.21. The van der Waals surface area contributed by atoms with Gasteiger partial charge in [-0.3, -0.25) is 4.79 Å². The van der Waals surface area contributed by atoms with Crippen molar-refractivity contribution in [1.29, 1.82) is 0 Å². The lowest BCUT2D eigenvalue weighted by atomic mass is 9.86. The lowest BCUT2D eigenvalue weighted by Crippen LogP contribution is -2.37. The maximum Gasteiger partial charge on any atom is 0.320 e. The largest absolute Gasteiger partial charge is 0.480 e. The molecular formula is C9H17NO2. The van der Waals surface area contributed by atoms with Gasteiger partial charge >= 0.3 is 5.97 Å². The summed E-state index contributed by atoms with van der Waals surface area (Å²) in [5, 5.41) is 11.9. The summed E-state index contributed by atoms with van der Waals surface area (Å²) in [6.45, 7) is 5.10. The van der Waals surface area contributed by atoms with Gasteiger partial charge in [-0.25, -0.2) is 0 Å². The van der Waals surface area contributed by atoms with Gasteiger partial charge in [-0.15, -0.1) is 0 Å². The molecule has 0 bridgehead atoms. The Balaban J connectivity index is 2.57. The molecule has 1 aliphatic rings. The van der Waals surface area contributed by atoms with E-state index in [0.29, 0.717) is 11.8 Å². The summed E-state index contributed by atoms with van der Waals surface area (Å²) >= 11 is 0. The van der Waals surface area contributed by atoms with Crippen molar-refractivity contribution in [3.05, 3.63) is 0 Å². The predicted octanol–water partition coefficient (Wildman–Crippen LogP) is 1.10. The Morgan fingerprint density at radius 2 is 2.42 bits per heavy atom. The van der Waals surface area contributed by atoms with Crippen LogP contribution in [0.1, 0.15) is 26.7 Å². The molecule has 1 fully saturated rings. The molecule has 0 amide bonds. The summed E-state index contributed by atoms with van der Waals surface area (Å²) in [7, 11) is 0. The van der Waals surface area contributed by atoms with E-state index in [1.165, 1.54) is 0 Å². The minimum Gasteiger partial charge on any atom is -0.480 e. The number of aliphatic carboxylic acids is 1. The van der Waals surface area contributed by atoms with E-state index < -0.39 is 5.97 Å². The Morgan fingerprint density at radius 3 is 2.92 bits per heavy atom. The molecule has 0 aromatic rings. The maximum absolute atomic E-state index is 10.8. The standard InChI is InChI=1S/C9H17NO2/c1-3-6(2)7-4-5-10-8(7)9(11)12/h6-8,10H,3-5H2,1-2H3,(H,11,12). The first-order valence-corrected chi connectivity index (χ1v) is 4.63. The Kier molecular flexibility index (Phi) is 3.09. The molecule has 3 unspecified atom stereocenters. The fourth-order valence-electron chi connectivity index (χ4n) is 1.91. The summed E-state index contributed by atoms with van der Waals surface area (Å²) in [6, 6.07) is -0.306. The number of nitrogens with one attached hydrogen (secondary N) is 1. The smallest absolute Gasteiger partial charge is 0.320 e. The number of rotatable bonds is 3. The second-order valence-corrected chi connectivity index (χ2v) is 3.61. The molecule has 0 spiro atoms. The predicted molar refractivity (Wildman–Crippen MR) is 47.0 cm³/mol. The van der Waals surface area contributed by atoms with Gasteiger partial charge in [-0.1, -0.05) is 20.3 Å². The van der Waals surface area contributed by atoms with Crippen molar-refractivity contribution in [2.45, 2.75) is 32.7 Å². The van der Waals surface area contributed by atoms with Crippen molar-refractivity contribution < 1.29 is 9.90 Å². The van der Waals surface area contributed by atoms with Crippen LogP contribution in [-0.4, -0.2) is 23.7 Å². The molecule has 12 heavy (non-hydrogen) atoms. The van der Waals surface area contributed by atoms with Gasteiger partial charge in [0.05, 0.1) is 0 Å². The number of hydrogen-bond acceptors (Lipinski definition) is 2. The average Bonchev–Trinajstić information content (AvgIpc) is 2.50. The molecule has 3 atom stereocenters. The van der Waals surface area contributed by atoms with E-state index in [0.717, 1.165) is 19.4 Å². The molecule has 1 aliphatic heterocycles. The van der Waals surface area contributed by atoms with E-state index in [1.807, 2.05) is 0 Å². The second-order valence-electron chi connectivity index (χ2n) is 3.61. The highest BCUT2D eigenvalue weighted by Crippen LogP contribution is 2.26. The molecule has 1 rings (SSSR count). The topological polar surface area (TPSA) is 49.3 Å². The van der Waals surface area contributed by atoms with Gasteiger partial charge in [0.25, 0.3) is 0 Å². The third kappa shape index (κ3) is 1.78. The fraction of sp³-hybridized carbons (Fsp3) is 0.889. The van der Waals surface area contributed by atoms with E-state index in [9.17, 15) is 4.79 Å². The van der Waals surface area contributed by atoms with Gasteiger partial charge in [0.2, 0.25) is 0 Å². The third-order valence-corrected chi connectivity index (χ3v) is 2.91. The molecule has 1 saturated heterocycles. The minimum absolute atomic E-state index is 0.306. The first-order valence-electron chi connectivity index (χ1n) is 4.63. The molecule has 3 heteroatoms. The van der Waals surface area contributed by atoms with E-state index >= 15 is 0 Å². The molecule has 0 aromatic carbocycles. The molecule has 1 heterocycles. The second kappa shape index (κ2) is 3.90. The van der Waals surface area contributed by atoms with Gasteiger partial charge in [0.1, 0.15) is 6.04 Å². The lowest BCUT2D eigenvalue weighted by molar-refractivity contribution is -0.140. The normalized spacial score (nSPS) is 31.8. The van der Waals surface area contributed by atoms with Gasteiger partial charge in [-0.05, 0) is 24.8 Å². The van der Waals surface area contributed by atoms with Crippen molar-refractivity contribution in [2.75, 3.05) is 6.54 Å². The third-order valence-electron chi connectivity index (χ3n) is 2.91. The highest BCUT2D eigenvalue weighted by molar-refractivity contribution is 5.74. The number of carboxylic acids is 1. The van der Waals surface area contributed by atoms with Crippen LogP contribution in [0.4, 0.5) is 0 Å². The van der Waals surface area contributed by atoms with Crippen molar-refractivity contribution in [3.63, 3.8) is 0 Å². The molecular weight excluding hydrogens is 154 g/mol. The minimum atomic E-state index is -0.696. The molecule has 0 aliphatic carbocycles. The fourth-order valence-corrected chi connectivity index (χ4v) is 1.91. The molecule has 0 saturated carbocycles. The Labute approximate surface area is 73.2 Å². The Morgan fingerprint density at radius 1 is 1.75 bits per heavy atom. The zero-order valence-electron chi connectivity index (χ0n) is 7.71. The van der Waals surface area contributed by atoms with Crippen LogP contribution in [0, 0.1) is 11.8 Å². The molecule has 0 aromatic heterocycles. The summed E-state index contributed by atoms with van der Waals surface area (Å²) in [5.74, 6) is 0.145.